The number of nitrogens with zero attached hydrogens (tertiary/aromatic N) is 3. The van der Waals surface area contributed by atoms with E-state index in [0.717, 1.165) is 69.6 Å². The number of ether oxygens (including phenoxy) is 2. The fourth-order valence-electron chi connectivity index (χ4n) is 5.45. The minimum atomic E-state index is -1.16. The van der Waals surface area contributed by atoms with Crippen molar-refractivity contribution in [1.29, 1.82) is 0 Å². The van der Waals surface area contributed by atoms with E-state index in [0.29, 0.717) is 12.2 Å². The number of hydrogen-bond acceptors (Lipinski definition) is 6. The Bertz CT molecular complexity index is 1540. The van der Waals surface area contributed by atoms with E-state index in [2.05, 4.69) is 11.0 Å². The van der Waals surface area contributed by atoms with E-state index in [4.69, 9.17) is 19.4 Å². The summed E-state index contributed by atoms with van der Waals surface area (Å²) in [5.41, 5.74) is 5.27. The molecule has 0 unspecified atom stereocenters. The van der Waals surface area contributed by atoms with Crippen LogP contribution >= 0.6 is 0 Å². The van der Waals surface area contributed by atoms with E-state index >= 15 is 0 Å². The van der Waals surface area contributed by atoms with E-state index in [9.17, 15) is 9.90 Å². The number of carboxylic acids is 1. The third-order valence-electron chi connectivity index (χ3n) is 7.20. The average Bonchev–Trinajstić information content (AvgIpc) is 2.81. The van der Waals surface area contributed by atoms with E-state index in [1.54, 1.807) is 0 Å². The van der Waals surface area contributed by atoms with Gasteiger partial charge in [-0.15, -0.1) is 0 Å². The number of aromatic nitrogens is 2. The molecule has 1 atom stereocenters. The van der Waals surface area contributed by atoms with Crippen LogP contribution in [0.2, 0.25) is 0 Å². The van der Waals surface area contributed by atoms with E-state index in [1.165, 1.54) is 12.0 Å². The van der Waals surface area contributed by atoms with Gasteiger partial charge in [0.05, 0.1) is 23.2 Å². The number of fused-ring (bicyclic) bond motifs is 1. The highest BCUT2D eigenvalue weighted by Crippen LogP contribution is 2.45. The summed E-state index contributed by atoms with van der Waals surface area (Å²) in [6, 6.07) is 12.1. The number of carbonyl (C=O) groups is 1. The molecule has 0 amide bonds. The van der Waals surface area contributed by atoms with E-state index in [1.807, 2.05) is 64.2 Å². The highest BCUT2D eigenvalue weighted by Gasteiger charge is 2.33. The Morgan fingerprint density at radius 1 is 1.16 bits per heavy atom. The molecule has 2 aromatic heterocycles. The van der Waals surface area contributed by atoms with Crippen molar-refractivity contribution in [1.82, 2.24) is 9.97 Å². The van der Waals surface area contributed by atoms with Gasteiger partial charge in [0.25, 0.3) is 0 Å². The van der Waals surface area contributed by atoms with Crippen LogP contribution in [0, 0.1) is 6.92 Å². The Balaban J connectivity index is 1.69. The molecule has 4 heterocycles. The molecule has 2 aliphatic heterocycles. The smallest absolute Gasteiger partial charge is 0.337 e. The van der Waals surface area contributed by atoms with Crippen molar-refractivity contribution < 1.29 is 19.4 Å². The number of aryl methyl sites for hydroxylation is 1. The Kier molecular flexibility index (Phi) is 5.57. The monoisotopic (exact) mass is 497 g/mol. The van der Waals surface area contributed by atoms with Crippen molar-refractivity contribution in [3.8, 4) is 16.9 Å². The average molecular weight is 498 g/mol. The van der Waals surface area contributed by atoms with E-state index in [-0.39, 0.29) is 0 Å². The summed E-state index contributed by atoms with van der Waals surface area (Å²) in [7, 11) is 0. The molecule has 1 fully saturated rings. The number of hydrogen-bond donors (Lipinski definition) is 1. The number of carboxylic acid groups (broad SMARTS) is 1. The van der Waals surface area contributed by atoms with Crippen molar-refractivity contribution in [2.45, 2.75) is 52.2 Å². The Morgan fingerprint density at radius 2 is 1.97 bits per heavy atom. The number of pyridine rings is 2. The van der Waals surface area contributed by atoms with Gasteiger partial charge in [-0.2, -0.15) is 0 Å². The Morgan fingerprint density at radius 3 is 2.68 bits per heavy atom. The van der Waals surface area contributed by atoms with Gasteiger partial charge < -0.3 is 19.5 Å². The fourth-order valence-corrected chi connectivity index (χ4v) is 5.45. The molecule has 4 aromatic rings. The van der Waals surface area contributed by atoms with Gasteiger partial charge in [0.15, 0.2) is 6.10 Å². The summed E-state index contributed by atoms with van der Waals surface area (Å²) in [6.07, 6.45) is 2.65. The fraction of sp³-hybridized carbons (Fsp3) is 0.367. The van der Waals surface area contributed by atoms with Crippen LogP contribution < -0.4 is 9.64 Å². The molecule has 0 saturated carbocycles. The number of benzene rings is 2. The molecular weight excluding hydrogens is 466 g/mol. The molecule has 2 aromatic carbocycles. The Labute approximate surface area is 216 Å². The maximum Gasteiger partial charge on any atom is 0.337 e. The molecule has 0 spiro atoms. The standard InChI is InChI=1S/C30H31N3O4/c1-17-16-21-19(7-9-23(32-21)33-13-5-14-33)26(24(17)28(29(34)35)37-30(2,3)4)20-6-8-22-25-18(11-15-36-22)10-12-31-27(20)25/h6-10,12,16,28H,5,11,13-15H2,1-4H3,(H,34,35)/t28-/m0/s1. The van der Waals surface area contributed by atoms with Crippen LogP contribution in [-0.4, -0.2) is 46.3 Å². The largest absolute Gasteiger partial charge is 0.493 e. The molecule has 7 nitrogen and oxygen atoms in total. The zero-order valence-corrected chi connectivity index (χ0v) is 21.7. The minimum absolute atomic E-state index is 0.632. The summed E-state index contributed by atoms with van der Waals surface area (Å²) >= 11 is 0. The van der Waals surface area contributed by atoms with Crippen LogP contribution in [-0.2, 0) is 16.0 Å². The maximum absolute atomic E-state index is 12.7. The third-order valence-corrected chi connectivity index (χ3v) is 7.20. The lowest BCUT2D eigenvalue weighted by atomic mass is 9.86. The van der Waals surface area contributed by atoms with Crippen LogP contribution in [0.4, 0.5) is 5.82 Å². The van der Waals surface area contributed by atoms with Crippen LogP contribution in [0.1, 0.15) is 50.0 Å². The van der Waals surface area contributed by atoms with Gasteiger partial charge in [0.2, 0.25) is 0 Å². The highest BCUT2D eigenvalue weighted by molar-refractivity contribution is 6.08. The SMILES string of the molecule is Cc1cc2nc(N3CCC3)ccc2c(-c2ccc3c4c(ccnc24)CCO3)c1[C@H](OC(C)(C)C)C(=O)O. The van der Waals surface area contributed by atoms with Crippen LogP contribution in [0.25, 0.3) is 32.9 Å². The van der Waals surface area contributed by atoms with Gasteiger partial charge in [0, 0.05) is 47.6 Å². The first-order valence-electron chi connectivity index (χ1n) is 12.8. The summed E-state index contributed by atoms with van der Waals surface area (Å²) in [4.78, 5) is 24.7. The zero-order valence-electron chi connectivity index (χ0n) is 21.7. The second-order valence-electron chi connectivity index (χ2n) is 10.9. The van der Waals surface area contributed by atoms with Gasteiger partial charge in [-0.25, -0.2) is 9.78 Å². The predicted molar refractivity (Wildman–Crippen MR) is 144 cm³/mol. The summed E-state index contributed by atoms with van der Waals surface area (Å²) in [5, 5.41) is 12.2. The first-order valence-corrected chi connectivity index (χ1v) is 12.8. The minimum Gasteiger partial charge on any atom is -0.493 e. The molecular formula is C30H31N3O4. The lowest BCUT2D eigenvalue weighted by Gasteiger charge is -2.32. The zero-order chi connectivity index (χ0) is 25.9. The van der Waals surface area contributed by atoms with Crippen molar-refractivity contribution in [2.24, 2.45) is 0 Å². The number of rotatable bonds is 5. The quantitative estimate of drug-likeness (QED) is 0.370. The third kappa shape index (κ3) is 4.07. The molecule has 6 rings (SSSR count). The molecule has 190 valence electrons. The second kappa shape index (κ2) is 8.70. The highest BCUT2D eigenvalue weighted by atomic mass is 16.5. The second-order valence-corrected chi connectivity index (χ2v) is 10.9. The molecule has 1 N–H and O–H groups in total. The number of aliphatic carboxylic acids is 1. The Hall–Kier alpha value is -3.71. The molecule has 37 heavy (non-hydrogen) atoms. The normalized spacial score (nSPS) is 15.9. The predicted octanol–water partition coefficient (Wildman–Crippen LogP) is 5.84. The van der Waals surface area contributed by atoms with Crippen molar-refractivity contribution in [3.05, 3.63) is 59.3 Å². The van der Waals surface area contributed by atoms with Crippen LogP contribution in [0.5, 0.6) is 5.75 Å². The molecule has 0 bridgehead atoms. The molecule has 2 aliphatic rings. The van der Waals surface area contributed by atoms with Gasteiger partial charge in [-0.1, -0.05) is 0 Å². The summed E-state index contributed by atoms with van der Waals surface area (Å²) in [5.74, 6) is 0.731. The topological polar surface area (TPSA) is 84.8 Å². The first kappa shape index (κ1) is 23.7. The molecule has 0 aliphatic carbocycles. The van der Waals surface area contributed by atoms with Crippen LogP contribution in [0.3, 0.4) is 0 Å². The van der Waals surface area contributed by atoms with Crippen LogP contribution in [0.15, 0.2) is 42.6 Å². The molecule has 0 radical (unpaired) electrons. The first-order chi connectivity index (χ1) is 17.7. The molecule has 1 saturated heterocycles. The maximum atomic E-state index is 12.7. The lowest BCUT2D eigenvalue weighted by Crippen LogP contribution is -2.37. The number of anilines is 1. The van der Waals surface area contributed by atoms with Gasteiger partial charge in [0.1, 0.15) is 11.6 Å². The molecule has 7 heteroatoms. The summed E-state index contributed by atoms with van der Waals surface area (Å²) < 4.78 is 12.1. The van der Waals surface area contributed by atoms with E-state index < -0.39 is 17.7 Å². The van der Waals surface area contributed by atoms with Gasteiger partial charge in [-0.3, -0.25) is 4.98 Å². The van der Waals surface area contributed by atoms with Crippen molar-refractivity contribution >= 4 is 33.6 Å². The lowest BCUT2D eigenvalue weighted by molar-refractivity contribution is -0.160. The van der Waals surface area contributed by atoms with Gasteiger partial charge in [-0.05, 0) is 87.2 Å². The van der Waals surface area contributed by atoms with Gasteiger partial charge >= 0.3 is 5.97 Å². The van der Waals surface area contributed by atoms with Crippen molar-refractivity contribution in [2.75, 3.05) is 24.6 Å². The summed E-state index contributed by atoms with van der Waals surface area (Å²) in [6.45, 7) is 10.2. The van der Waals surface area contributed by atoms with Crippen molar-refractivity contribution in [3.63, 3.8) is 0 Å².